The van der Waals surface area contributed by atoms with Crippen molar-refractivity contribution in [1.82, 2.24) is 0 Å². The summed E-state index contributed by atoms with van der Waals surface area (Å²) in [5, 5.41) is 0. The van der Waals surface area contributed by atoms with E-state index >= 15 is 0 Å². The minimum atomic E-state index is 0.511. The largest absolute Gasteiger partial charge is 0.488 e. The summed E-state index contributed by atoms with van der Waals surface area (Å²) in [6.07, 6.45) is 4.48. The highest BCUT2D eigenvalue weighted by Gasteiger charge is 2.11. The molecule has 1 aliphatic rings. The lowest BCUT2D eigenvalue weighted by atomic mass is 10.1. The van der Waals surface area contributed by atoms with Crippen molar-refractivity contribution < 1.29 is 9.53 Å². The topological polar surface area (TPSA) is 26.3 Å². The molecule has 0 heterocycles. The number of fused-ring (bicyclic) bond motifs is 1. The molecule has 2 aromatic rings. The molecule has 2 aromatic carbocycles. The van der Waals surface area contributed by atoms with Crippen molar-refractivity contribution >= 4 is 6.29 Å². The van der Waals surface area contributed by atoms with Gasteiger partial charge in [0.2, 0.25) is 0 Å². The number of rotatable bonds is 4. The predicted molar refractivity (Wildman–Crippen MR) is 79.4 cm³/mol. The first-order valence-corrected chi connectivity index (χ1v) is 7.05. The second-order valence-electron chi connectivity index (χ2n) is 5.40. The molecule has 102 valence electrons. The fourth-order valence-electron chi connectivity index (χ4n) is 2.77. The lowest BCUT2D eigenvalue weighted by Crippen LogP contribution is -1.99. The van der Waals surface area contributed by atoms with E-state index in [1.807, 2.05) is 25.1 Å². The van der Waals surface area contributed by atoms with Crippen LogP contribution in [0.25, 0.3) is 0 Å². The molecule has 1 aliphatic carbocycles. The van der Waals surface area contributed by atoms with Crippen LogP contribution in [0.15, 0.2) is 36.4 Å². The highest BCUT2D eigenvalue weighted by molar-refractivity contribution is 5.79. The van der Waals surface area contributed by atoms with Gasteiger partial charge in [0.25, 0.3) is 0 Å². The number of aryl methyl sites for hydroxylation is 3. The van der Waals surface area contributed by atoms with Crippen LogP contribution in [0.4, 0.5) is 0 Å². The quantitative estimate of drug-likeness (QED) is 0.785. The third-order valence-corrected chi connectivity index (χ3v) is 3.85. The smallest absolute Gasteiger partial charge is 0.153 e. The Kier molecular flexibility index (Phi) is 3.55. The maximum Gasteiger partial charge on any atom is 0.153 e. The molecule has 0 bridgehead atoms. The van der Waals surface area contributed by atoms with Crippen molar-refractivity contribution in [2.24, 2.45) is 0 Å². The van der Waals surface area contributed by atoms with Gasteiger partial charge < -0.3 is 4.74 Å². The monoisotopic (exact) mass is 266 g/mol. The van der Waals surface area contributed by atoms with Crippen molar-refractivity contribution in [1.29, 1.82) is 0 Å². The van der Waals surface area contributed by atoms with Gasteiger partial charge in [-0.3, -0.25) is 4.79 Å². The molecule has 0 amide bonds. The summed E-state index contributed by atoms with van der Waals surface area (Å²) < 4.78 is 5.80. The molecule has 0 unspecified atom stereocenters. The average molecular weight is 266 g/mol. The lowest BCUT2D eigenvalue weighted by Gasteiger charge is -2.10. The van der Waals surface area contributed by atoms with Gasteiger partial charge in [-0.05, 0) is 55.0 Å². The van der Waals surface area contributed by atoms with Gasteiger partial charge in [0.1, 0.15) is 12.4 Å². The number of hydrogen-bond donors (Lipinski definition) is 0. The van der Waals surface area contributed by atoms with Crippen molar-refractivity contribution in [2.45, 2.75) is 32.8 Å². The number of benzene rings is 2. The Bertz CT molecular complexity index is 644. The summed E-state index contributed by atoms with van der Waals surface area (Å²) in [6, 6.07) is 12.2. The molecule has 0 saturated heterocycles. The average Bonchev–Trinajstić information content (AvgIpc) is 2.93. The molecule has 0 fully saturated rings. The van der Waals surface area contributed by atoms with Crippen LogP contribution in [0.5, 0.6) is 5.75 Å². The normalized spacial score (nSPS) is 13.1. The third-order valence-electron chi connectivity index (χ3n) is 3.85. The van der Waals surface area contributed by atoms with Gasteiger partial charge in [-0.2, -0.15) is 0 Å². The zero-order valence-corrected chi connectivity index (χ0v) is 11.7. The van der Waals surface area contributed by atoms with Crippen LogP contribution in [0.1, 0.15) is 39.0 Å². The van der Waals surface area contributed by atoms with E-state index in [0.717, 1.165) is 11.8 Å². The molecule has 0 aromatic heterocycles. The Morgan fingerprint density at radius 3 is 2.80 bits per heavy atom. The van der Waals surface area contributed by atoms with E-state index in [0.29, 0.717) is 17.9 Å². The maximum atomic E-state index is 11.1. The summed E-state index contributed by atoms with van der Waals surface area (Å²) in [5.74, 6) is 0.658. The second kappa shape index (κ2) is 5.49. The van der Waals surface area contributed by atoms with E-state index in [1.165, 1.54) is 36.0 Å². The van der Waals surface area contributed by atoms with Crippen LogP contribution in [0, 0.1) is 6.92 Å². The summed E-state index contributed by atoms with van der Waals surface area (Å²) in [5.41, 5.74) is 5.77. The van der Waals surface area contributed by atoms with Gasteiger partial charge in [0.15, 0.2) is 6.29 Å². The lowest BCUT2D eigenvalue weighted by molar-refractivity contribution is 0.111. The van der Waals surface area contributed by atoms with Gasteiger partial charge in [0.05, 0.1) is 5.56 Å². The molecule has 20 heavy (non-hydrogen) atoms. The molecule has 0 N–H and O–H groups in total. The van der Waals surface area contributed by atoms with Crippen LogP contribution in [-0.2, 0) is 19.4 Å². The third kappa shape index (κ3) is 2.60. The first-order valence-electron chi connectivity index (χ1n) is 7.05. The van der Waals surface area contributed by atoms with E-state index in [9.17, 15) is 4.79 Å². The number of hydrogen-bond acceptors (Lipinski definition) is 2. The Balaban J connectivity index is 1.75. The van der Waals surface area contributed by atoms with E-state index in [-0.39, 0.29) is 0 Å². The Hall–Kier alpha value is -2.09. The highest BCUT2D eigenvalue weighted by atomic mass is 16.5. The van der Waals surface area contributed by atoms with Gasteiger partial charge in [-0.15, -0.1) is 0 Å². The second-order valence-corrected chi connectivity index (χ2v) is 5.40. The Morgan fingerprint density at radius 1 is 1.10 bits per heavy atom. The molecule has 0 spiro atoms. The van der Waals surface area contributed by atoms with E-state index in [2.05, 4.69) is 18.2 Å². The Morgan fingerprint density at radius 2 is 1.95 bits per heavy atom. The highest BCUT2D eigenvalue weighted by Crippen LogP contribution is 2.24. The van der Waals surface area contributed by atoms with Gasteiger partial charge in [-0.25, -0.2) is 0 Å². The first-order chi connectivity index (χ1) is 9.76. The van der Waals surface area contributed by atoms with Crippen LogP contribution in [0.3, 0.4) is 0 Å². The standard InChI is InChI=1S/C18H18O2/c1-13-5-8-18(17(9-13)11-19)20-12-14-6-7-15-3-2-4-16(15)10-14/h5-11H,2-4,12H2,1H3. The maximum absolute atomic E-state index is 11.1. The van der Waals surface area contributed by atoms with Crippen molar-refractivity contribution in [3.8, 4) is 5.75 Å². The summed E-state index contributed by atoms with van der Waals surface area (Å²) in [4.78, 5) is 11.1. The number of carbonyl (C=O) groups excluding carboxylic acids is 1. The SMILES string of the molecule is Cc1ccc(OCc2ccc3c(c2)CCC3)c(C=O)c1. The van der Waals surface area contributed by atoms with Gasteiger partial charge >= 0.3 is 0 Å². The summed E-state index contributed by atoms with van der Waals surface area (Å²) in [7, 11) is 0. The molecule has 2 nitrogen and oxygen atoms in total. The molecular formula is C18H18O2. The van der Waals surface area contributed by atoms with Gasteiger partial charge in [0, 0.05) is 0 Å². The molecule has 3 rings (SSSR count). The summed E-state index contributed by atoms with van der Waals surface area (Å²) >= 11 is 0. The van der Waals surface area contributed by atoms with E-state index < -0.39 is 0 Å². The van der Waals surface area contributed by atoms with Crippen LogP contribution < -0.4 is 4.74 Å². The minimum absolute atomic E-state index is 0.511. The molecule has 0 saturated carbocycles. The first kappa shape index (κ1) is 12.9. The zero-order chi connectivity index (χ0) is 13.9. The van der Waals surface area contributed by atoms with Crippen LogP contribution in [-0.4, -0.2) is 6.29 Å². The molecule has 2 heteroatoms. The van der Waals surface area contributed by atoms with Crippen molar-refractivity contribution in [2.75, 3.05) is 0 Å². The number of aldehydes is 1. The van der Waals surface area contributed by atoms with Gasteiger partial charge in [-0.1, -0.05) is 29.8 Å². The zero-order valence-electron chi connectivity index (χ0n) is 11.7. The minimum Gasteiger partial charge on any atom is -0.488 e. The van der Waals surface area contributed by atoms with Crippen LogP contribution in [0.2, 0.25) is 0 Å². The number of carbonyl (C=O) groups is 1. The number of ether oxygens (including phenoxy) is 1. The Labute approximate surface area is 119 Å². The molecule has 0 atom stereocenters. The summed E-state index contributed by atoms with van der Waals surface area (Å²) in [6.45, 7) is 2.48. The predicted octanol–water partition coefficient (Wildman–Crippen LogP) is 3.88. The molecular weight excluding hydrogens is 248 g/mol. The van der Waals surface area contributed by atoms with Crippen molar-refractivity contribution in [3.05, 3.63) is 64.2 Å². The fraction of sp³-hybridized carbons (Fsp3) is 0.278. The molecule has 0 radical (unpaired) electrons. The molecule has 0 aliphatic heterocycles. The fourth-order valence-corrected chi connectivity index (χ4v) is 2.77. The van der Waals surface area contributed by atoms with E-state index in [1.54, 1.807) is 0 Å². The van der Waals surface area contributed by atoms with E-state index in [4.69, 9.17) is 4.74 Å². The van der Waals surface area contributed by atoms with Crippen molar-refractivity contribution in [3.63, 3.8) is 0 Å². The van der Waals surface area contributed by atoms with Crippen LogP contribution >= 0.6 is 0 Å².